The fourth-order valence-electron chi connectivity index (χ4n) is 2.58. The lowest BCUT2D eigenvalue weighted by atomic mass is 9.75. The molecule has 0 saturated heterocycles. The zero-order valence-corrected chi connectivity index (χ0v) is 12.6. The molecule has 0 heterocycles. The van der Waals surface area contributed by atoms with Crippen molar-refractivity contribution in [3.8, 4) is 0 Å². The lowest BCUT2D eigenvalue weighted by Gasteiger charge is -2.35. The molecule has 1 saturated carbocycles. The van der Waals surface area contributed by atoms with Crippen LogP contribution in [0.25, 0.3) is 0 Å². The molecule has 0 aromatic carbocycles. The molecule has 0 aromatic rings. The summed E-state index contributed by atoms with van der Waals surface area (Å²) in [7, 11) is -3.25. The molecular formula is C13H27NO3S. The molecule has 0 aliphatic heterocycles. The van der Waals surface area contributed by atoms with E-state index in [2.05, 4.69) is 4.72 Å². The number of rotatable bonds is 5. The molecule has 5 heteroatoms. The van der Waals surface area contributed by atoms with Crippen molar-refractivity contribution >= 4 is 10.0 Å². The maximum atomic E-state index is 12.0. The zero-order valence-electron chi connectivity index (χ0n) is 11.8. The first-order valence-electron chi connectivity index (χ1n) is 6.76. The van der Waals surface area contributed by atoms with Crippen LogP contribution in [0.1, 0.15) is 52.9 Å². The number of hydrogen-bond acceptors (Lipinski definition) is 3. The highest BCUT2D eigenvalue weighted by Gasteiger charge is 2.33. The summed E-state index contributed by atoms with van der Waals surface area (Å²) in [5.74, 6) is 0.126. The van der Waals surface area contributed by atoms with Gasteiger partial charge in [-0.2, -0.15) is 0 Å². The molecule has 2 N–H and O–H groups in total. The van der Waals surface area contributed by atoms with Crippen molar-refractivity contribution in [2.45, 2.75) is 52.9 Å². The van der Waals surface area contributed by atoms with Crippen molar-refractivity contribution in [3.63, 3.8) is 0 Å². The van der Waals surface area contributed by atoms with Gasteiger partial charge in [-0.15, -0.1) is 0 Å². The molecule has 1 fully saturated rings. The third-order valence-electron chi connectivity index (χ3n) is 3.54. The van der Waals surface area contributed by atoms with Crippen LogP contribution in [-0.4, -0.2) is 32.4 Å². The van der Waals surface area contributed by atoms with Gasteiger partial charge in [0.25, 0.3) is 0 Å². The minimum Gasteiger partial charge on any atom is -0.396 e. The van der Waals surface area contributed by atoms with E-state index in [9.17, 15) is 13.5 Å². The molecule has 1 rings (SSSR count). The Morgan fingerprint density at radius 1 is 1.17 bits per heavy atom. The van der Waals surface area contributed by atoms with Gasteiger partial charge in [-0.1, -0.05) is 40.0 Å². The quantitative estimate of drug-likeness (QED) is 0.806. The molecule has 0 radical (unpaired) electrons. The average Bonchev–Trinajstić information content (AvgIpc) is 2.25. The second-order valence-electron chi connectivity index (χ2n) is 6.86. The standard InChI is InChI=1S/C13H27NO3S/c1-12(2,3)11-18(16,17)14-9-13(10-15)7-5-4-6-8-13/h14-15H,4-11H2,1-3H3. The van der Waals surface area contributed by atoms with E-state index in [0.717, 1.165) is 25.7 Å². The fourth-order valence-corrected chi connectivity index (χ4v) is 4.34. The smallest absolute Gasteiger partial charge is 0.212 e. The number of hydrogen-bond donors (Lipinski definition) is 2. The van der Waals surface area contributed by atoms with Gasteiger partial charge in [0.2, 0.25) is 10.0 Å². The Kier molecular flexibility index (Phi) is 5.21. The van der Waals surface area contributed by atoms with Gasteiger partial charge in [-0.25, -0.2) is 13.1 Å². The van der Waals surface area contributed by atoms with E-state index in [4.69, 9.17) is 0 Å². The van der Waals surface area contributed by atoms with Gasteiger partial charge in [-0.05, 0) is 18.3 Å². The maximum absolute atomic E-state index is 12.0. The van der Waals surface area contributed by atoms with E-state index in [1.807, 2.05) is 20.8 Å². The number of nitrogens with one attached hydrogen (secondary N) is 1. The van der Waals surface area contributed by atoms with E-state index in [1.54, 1.807) is 0 Å². The van der Waals surface area contributed by atoms with E-state index in [-0.39, 0.29) is 23.2 Å². The Morgan fingerprint density at radius 3 is 2.17 bits per heavy atom. The third-order valence-corrected chi connectivity index (χ3v) is 5.37. The highest BCUT2D eigenvalue weighted by atomic mass is 32.2. The second kappa shape index (κ2) is 5.88. The molecule has 0 unspecified atom stereocenters. The number of aliphatic hydroxyl groups excluding tert-OH is 1. The summed E-state index contributed by atoms with van der Waals surface area (Å²) in [5.41, 5.74) is -0.478. The average molecular weight is 277 g/mol. The van der Waals surface area contributed by atoms with Gasteiger partial charge in [0.05, 0.1) is 5.75 Å². The van der Waals surface area contributed by atoms with Crippen LogP contribution < -0.4 is 4.72 Å². The summed E-state index contributed by atoms with van der Waals surface area (Å²) in [5, 5.41) is 9.54. The summed E-state index contributed by atoms with van der Waals surface area (Å²) in [4.78, 5) is 0. The second-order valence-corrected chi connectivity index (χ2v) is 8.67. The predicted octanol–water partition coefficient (Wildman–Crippen LogP) is 1.89. The minimum absolute atomic E-state index is 0.0744. The molecule has 18 heavy (non-hydrogen) atoms. The summed E-state index contributed by atoms with van der Waals surface area (Å²) in [6.07, 6.45) is 5.20. The number of sulfonamides is 1. The van der Waals surface area contributed by atoms with Crippen LogP contribution in [0.4, 0.5) is 0 Å². The van der Waals surface area contributed by atoms with E-state index < -0.39 is 10.0 Å². The van der Waals surface area contributed by atoms with Crippen molar-refractivity contribution in [2.75, 3.05) is 18.9 Å². The van der Waals surface area contributed by atoms with Gasteiger partial charge in [0.1, 0.15) is 0 Å². The Bertz CT molecular complexity index is 351. The highest BCUT2D eigenvalue weighted by molar-refractivity contribution is 7.89. The van der Waals surface area contributed by atoms with Gasteiger partial charge >= 0.3 is 0 Å². The summed E-state index contributed by atoms with van der Waals surface area (Å²) >= 11 is 0. The Morgan fingerprint density at radius 2 is 1.72 bits per heavy atom. The first kappa shape index (κ1) is 15.9. The molecule has 0 bridgehead atoms. The van der Waals surface area contributed by atoms with Gasteiger partial charge < -0.3 is 5.11 Å². The zero-order chi connectivity index (χ0) is 13.9. The predicted molar refractivity (Wildman–Crippen MR) is 73.8 cm³/mol. The van der Waals surface area contributed by atoms with Crippen molar-refractivity contribution < 1.29 is 13.5 Å². The molecular weight excluding hydrogens is 250 g/mol. The van der Waals surface area contributed by atoms with Crippen molar-refractivity contribution in [2.24, 2.45) is 10.8 Å². The Hall–Kier alpha value is -0.130. The minimum atomic E-state index is -3.25. The highest BCUT2D eigenvalue weighted by Crippen LogP contribution is 2.35. The van der Waals surface area contributed by atoms with Crippen LogP contribution in [0.15, 0.2) is 0 Å². The largest absolute Gasteiger partial charge is 0.396 e. The van der Waals surface area contributed by atoms with Crippen LogP contribution >= 0.6 is 0 Å². The Labute approximate surface area is 111 Å². The first-order valence-corrected chi connectivity index (χ1v) is 8.42. The molecule has 0 spiro atoms. The first-order chi connectivity index (χ1) is 8.18. The van der Waals surface area contributed by atoms with E-state index in [1.165, 1.54) is 6.42 Å². The summed E-state index contributed by atoms with van der Waals surface area (Å²) < 4.78 is 26.6. The molecule has 4 nitrogen and oxygen atoms in total. The third kappa shape index (κ3) is 5.24. The molecule has 0 atom stereocenters. The normalized spacial score (nSPS) is 20.9. The number of aliphatic hydroxyl groups is 1. The fraction of sp³-hybridized carbons (Fsp3) is 1.00. The summed E-state index contributed by atoms with van der Waals surface area (Å²) in [6, 6.07) is 0. The van der Waals surface area contributed by atoms with Crippen molar-refractivity contribution in [1.82, 2.24) is 4.72 Å². The van der Waals surface area contributed by atoms with Crippen LogP contribution in [0, 0.1) is 10.8 Å². The van der Waals surface area contributed by atoms with Crippen LogP contribution in [0.3, 0.4) is 0 Å². The lowest BCUT2D eigenvalue weighted by molar-refractivity contribution is 0.0867. The van der Waals surface area contributed by atoms with Gasteiger partial charge in [0.15, 0.2) is 0 Å². The van der Waals surface area contributed by atoms with Crippen LogP contribution in [-0.2, 0) is 10.0 Å². The molecule has 1 aliphatic carbocycles. The van der Waals surface area contributed by atoms with Gasteiger partial charge in [0, 0.05) is 18.6 Å². The van der Waals surface area contributed by atoms with Crippen LogP contribution in [0.5, 0.6) is 0 Å². The maximum Gasteiger partial charge on any atom is 0.212 e. The Balaban J connectivity index is 2.57. The monoisotopic (exact) mass is 277 g/mol. The lowest BCUT2D eigenvalue weighted by Crippen LogP contribution is -2.43. The topological polar surface area (TPSA) is 66.4 Å². The van der Waals surface area contributed by atoms with Crippen molar-refractivity contribution in [3.05, 3.63) is 0 Å². The molecule has 0 amide bonds. The van der Waals surface area contributed by atoms with Crippen LogP contribution in [0.2, 0.25) is 0 Å². The van der Waals surface area contributed by atoms with E-state index >= 15 is 0 Å². The van der Waals surface area contributed by atoms with Crippen molar-refractivity contribution in [1.29, 1.82) is 0 Å². The van der Waals surface area contributed by atoms with Gasteiger partial charge in [-0.3, -0.25) is 0 Å². The summed E-state index contributed by atoms with van der Waals surface area (Å²) in [6.45, 7) is 6.19. The SMILES string of the molecule is CC(C)(C)CS(=O)(=O)NCC1(CO)CCCCC1. The molecule has 1 aliphatic rings. The van der Waals surface area contributed by atoms with E-state index in [0.29, 0.717) is 6.54 Å². The molecule has 0 aromatic heterocycles. The molecule has 108 valence electrons.